The number of rotatable bonds is 1. The average Bonchev–Trinajstić information content (AvgIpc) is 2.82. The first-order chi connectivity index (χ1) is 9.60. The number of imidazole rings is 1. The number of nitriles is 1. The van der Waals surface area contributed by atoms with E-state index in [0.29, 0.717) is 5.92 Å². The first-order valence-corrected chi connectivity index (χ1v) is 7.43. The Morgan fingerprint density at radius 1 is 1.25 bits per heavy atom. The van der Waals surface area contributed by atoms with Crippen LogP contribution in [0.4, 0.5) is 0 Å². The maximum Gasteiger partial charge on any atom is 0.0961 e. The van der Waals surface area contributed by atoms with Gasteiger partial charge in [0.25, 0.3) is 0 Å². The van der Waals surface area contributed by atoms with Crippen LogP contribution in [-0.2, 0) is 0 Å². The van der Waals surface area contributed by atoms with Crippen LogP contribution in [0.2, 0.25) is 0 Å². The summed E-state index contributed by atoms with van der Waals surface area (Å²) in [5.74, 6) is 0.804. The van der Waals surface area contributed by atoms with Crippen LogP contribution in [0.1, 0.15) is 43.4 Å². The van der Waals surface area contributed by atoms with Crippen molar-refractivity contribution in [3.05, 3.63) is 29.6 Å². The number of aromatic nitrogens is 2. The topological polar surface area (TPSA) is 41.6 Å². The first kappa shape index (κ1) is 13.2. The second kappa shape index (κ2) is 4.94. The average molecular weight is 267 g/mol. The van der Waals surface area contributed by atoms with Gasteiger partial charge in [0.1, 0.15) is 0 Å². The van der Waals surface area contributed by atoms with E-state index in [4.69, 9.17) is 0 Å². The Labute approximate surface area is 120 Å². The zero-order valence-electron chi connectivity index (χ0n) is 12.4. The monoisotopic (exact) mass is 267 g/mol. The Hall–Kier alpha value is -1.82. The molecule has 0 amide bonds. The highest BCUT2D eigenvalue weighted by Crippen LogP contribution is 2.38. The summed E-state index contributed by atoms with van der Waals surface area (Å²) in [4.78, 5) is 4.54. The lowest BCUT2D eigenvalue weighted by atomic mass is 9.79. The van der Waals surface area contributed by atoms with Crippen LogP contribution in [0.3, 0.4) is 0 Å². The predicted molar refractivity (Wildman–Crippen MR) is 80.4 cm³/mol. The fourth-order valence-electron chi connectivity index (χ4n) is 3.36. The minimum Gasteiger partial charge on any atom is -0.326 e. The van der Waals surface area contributed by atoms with E-state index in [1.165, 1.54) is 23.1 Å². The van der Waals surface area contributed by atoms with Gasteiger partial charge in [-0.3, -0.25) is 0 Å². The van der Waals surface area contributed by atoms with E-state index >= 15 is 0 Å². The number of benzene rings is 1. The molecule has 1 saturated carbocycles. The van der Waals surface area contributed by atoms with Crippen molar-refractivity contribution in [2.45, 2.75) is 46.1 Å². The maximum absolute atomic E-state index is 9.43. The largest absolute Gasteiger partial charge is 0.326 e. The molecular formula is C17H21N3. The predicted octanol–water partition coefficient (Wildman–Crippen LogP) is 4.15. The molecule has 20 heavy (non-hydrogen) atoms. The van der Waals surface area contributed by atoms with Crippen molar-refractivity contribution in [2.75, 3.05) is 0 Å². The molecule has 1 fully saturated rings. The van der Waals surface area contributed by atoms with Crippen molar-refractivity contribution < 1.29 is 0 Å². The summed E-state index contributed by atoms with van der Waals surface area (Å²) < 4.78 is 2.24. The third-order valence-corrected chi connectivity index (χ3v) is 4.79. The summed E-state index contributed by atoms with van der Waals surface area (Å²) in [6.07, 6.45) is 5.18. The minimum atomic E-state index is 0.116. The van der Waals surface area contributed by atoms with E-state index in [1.807, 2.05) is 6.33 Å². The molecule has 0 N–H and O–H groups in total. The van der Waals surface area contributed by atoms with Crippen molar-refractivity contribution in [3.8, 4) is 6.07 Å². The standard InChI is InChI=1S/C17H21N3/c1-11-4-5-14(9-18)16(6-11)20-10-19-15-7-12(2)13(3)8-17(15)20/h7-8,10-11,14,16H,4-6H2,1-3H3. The Morgan fingerprint density at radius 3 is 2.75 bits per heavy atom. The first-order valence-electron chi connectivity index (χ1n) is 7.43. The lowest BCUT2D eigenvalue weighted by Gasteiger charge is -2.32. The highest BCUT2D eigenvalue weighted by molar-refractivity contribution is 5.77. The van der Waals surface area contributed by atoms with Gasteiger partial charge in [0.15, 0.2) is 0 Å². The fraction of sp³-hybridized carbons (Fsp3) is 0.529. The van der Waals surface area contributed by atoms with Gasteiger partial charge in [-0.2, -0.15) is 5.26 Å². The van der Waals surface area contributed by atoms with Gasteiger partial charge in [-0.05, 0) is 62.3 Å². The van der Waals surface area contributed by atoms with Crippen molar-refractivity contribution in [1.29, 1.82) is 5.26 Å². The summed E-state index contributed by atoms with van der Waals surface area (Å²) in [5, 5.41) is 9.43. The third kappa shape index (κ3) is 2.10. The number of hydrogen-bond acceptors (Lipinski definition) is 2. The Kier molecular flexibility index (Phi) is 3.25. The van der Waals surface area contributed by atoms with Crippen LogP contribution in [0.25, 0.3) is 11.0 Å². The molecule has 0 spiro atoms. The van der Waals surface area contributed by atoms with E-state index in [9.17, 15) is 5.26 Å². The molecular weight excluding hydrogens is 246 g/mol. The van der Waals surface area contributed by atoms with Crippen molar-refractivity contribution in [2.24, 2.45) is 11.8 Å². The quantitative estimate of drug-likeness (QED) is 0.778. The molecule has 0 radical (unpaired) electrons. The number of hydrogen-bond donors (Lipinski definition) is 0. The summed E-state index contributed by atoms with van der Waals surface area (Å²) in [5.41, 5.74) is 4.78. The molecule has 0 aliphatic heterocycles. The van der Waals surface area contributed by atoms with Crippen LogP contribution < -0.4 is 0 Å². The van der Waals surface area contributed by atoms with E-state index < -0.39 is 0 Å². The second-order valence-corrected chi connectivity index (χ2v) is 6.30. The number of nitrogens with zero attached hydrogens (tertiary/aromatic N) is 3. The Bertz CT molecular complexity index is 677. The van der Waals surface area contributed by atoms with Gasteiger partial charge in [-0.15, -0.1) is 0 Å². The molecule has 3 nitrogen and oxygen atoms in total. The molecule has 3 heteroatoms. The zero-order chi connectivity index (χ0) is 14.3. The Morgan fingerprint density at radius 2 is 2.00 bits per heavy atom. The van der Waals surface area contributed by atoms with Gasteiger partial charge in [0.05, 0.1) is 35.4 Å². The summed E-state index contributed by atoms with van der Waals surface area (Å²) in [6.45, 7) is 6.54. The van der Waals surface area contributed by atoms with Gasteiger partial charge in [0.2, 0.25) is 0 Å². The van der Waals surface area contributed by atoms with Crippen LogP contribution in [0.15, 0.2) is 18.5 Å². The van der Waals surface area contributed by atoms with Crippen LogP contribution >= 0.6 is 0 Å². The molecule has 1 heterocycles. The molecule has 2 aromatic rings. The van der Waals surface area contributed by atoms with Gasteiger partial charge in [-0.1, -0.05) is 6.92 Å². The molecule has 3 rings (SSSR count). The molecule has 3 unspecified atom stereocenters. The van der Waals surface area contributed by atoms with Crippen LogP contribution in [-0.4, -0.2) is 9.55 Å². The number of fused-ring (bicyclic) bond motifs is 1. The molecule has 1 aliphatic carbocycles. The van der Waals surface area contributed by atoms with E-state index in [-0.39, 0.29) is 12.0 Å². The maximum atomic E-state index is 9.43. The molecule has 0 bridgehead atoms. The smallest absolute Gasteiger partial charge is 0.0961 e. The van der Waals surface area contributed by atoms with Crippen molar-refractivity contribution >= 4 is 11.0 Å². The van der Waals surface area contributed by atoms with Crippen LogP contribution in [0, 0.1) is 37.0 Å². The summed E-state index contributed by atoms with van der Waals surface area (Å²) >= 11 is 0. The van der Waals surface area contributed by atoms with E-state index in [1.54, 1.807) is 0 Å². The zero-order valence-corrected chi connectivity index (χ0v) is 12.4. The molecule has 104 valence electrons. The fourth-order valence-corrected chi connectivity index (χ4v) is 3.36. The van der Waals surface area contributed by atoms with E-state index in [2.05, 4.69) is 48.5 Å². The van der Waals surface area contributed by atoms with Gasteiger partial charge in [0, 0.05) is 0 Å². The molecule has 0 saturated heterocycles. The van der Waals surface area contributed by atoms with Gasteiger partial charge in [-0.25, -0.2) is 4.98 Å². The lowest BCUT2D eigenvalue weighted by molar-refractivity contribution is 0.236. The summed E-state index contributed by atoms with van der Waals surface area (Å²) in [7, 11) is 0. The normalized spacial score (nSPS) is 26.6. The Balaban J connectivity index is 2.09. The molecule has 1 aromatic heterocycles. The second-order valence-electron chi connectivity index (χ2n) is 6.30. The van der Waals surface area contributed by atoms with Gasteiger partial charge < -0.3 is 4.57 Å². The van der Waals surface area contributed by atoms with E-state index in [0.717, 1.165) is 18.4 Å². The summed E-state index contributed by atoms with van der Waals surface area (Å²) in [6, 6.07) is 7.14. The molecule has 1 aromatic carbocycles. The highest BCUT2D eigenvalue weighted by atomic mass is 15.1. The lowest BCUT2D eigenvalue weighted by Crippen LogP contribution is -2.25. The van der Waals surface area contributed by atoms with Crippen molar-refractivity contribution in [3.63, 3.8) is 0 Å². The van der Waals surface area contributed by atoms with Gasteiger partial charge >= 0.3 is 0 Å². The SMILES string of the molecule is Cc1cc2ncn(C3CC(C)CCC3C#N)c2cc1C. The molecule has 1 aliphatic rings. The van der Waals surface area contributed by atoms with Crippen LogP contribution in [0.5, 0.6) is 0 Å². The number of aryl methyl sites for hydroxylation is 2. The minimum absolute atomic E-state index is 0.116. The van der Waals surface area contributed by atoms with Crippen molar-refractivity contribution in [1.82, 2.24) is 9.55 Å². The third-order valence-electron chi connectivity index (χ3n) is 4.79. The molecule has 3 atom stereocenters. The highest BCUT2D eigenvalue weighted by Gasteiger charge is 2.30.